The summed E-state index contributed by atoms with van der Waals surface area (Å²) in [5.41, 5.74) is 0. The molecule has 0 aliphatic heterocycles. The van der Waals surface area contributed by atoms with Crippen molar-refractivity contribution in [1.82, 2.24) is 5.32 Å². The van der Waals surface area contributed by atoms with Crippen molar-refractivity contribution in [2.45, 2.75) is 52.5 Å². The fourth-order valence-electron chi connectivity index (χ4n) is 2.46. The summed E-state index contributed by atoms with van der Waals surface area (Å²) in [4.78, 5) is 0. The average Bonchev–Trinajstić information content (AvgIpc) is 1.99. The third kappa shape index (κ3) is 3.14. The van der Waals surface area contributed by atoms with Crippen LogP contribution < -0.4 is 5.32 Å². The van der Waals surface area contributed by atoms with E-state index in [1.807, 2.05) is 0 Å². The lowest BCUT2D eigenvalue weighted by molar-refractivity contribution is 0.239. The van der Waals surface area contributed by atoms with Gasteiger partial charge < -0.3 is 5.32 Å². The number of nitrogens with one attached hydrogen (secondary N) is 1. The van der Waals surface area contributed by atoms with Crippen LogP contribution in [0.5, 0.6) is 0 Å². The van der Waals surface area contributed by atoms with Crippen LogP contribution in [0.4, 0.5) is 0 Å². The van der Waals surface area contributed by atoms with E-state index in [0.29, 0.717) is 0 Å². The second kappa shape index (κ2) is 4.86. The van der Waals surface area contributed by atoms with Gasteiger partial charge in [-0.3, -0.25) is 0 Å². The first-order valence-corrected chi connectivity index (χ1v) is 5.45. The maximum Gasteiger partial charge on any atom is 0.00721 e. The lowest BCUT2D eigenvalue weighted by atomic mass is 9.80. The molecule has 0 saturated heterocycles. The van der Waals surface area contributed by atoms with Crippen LogP contribution in [0, 0.1) is 11.8 Å². The summed E-state index contributed by atoms with van der Waals surface area (Å²) in [6.45, 7) is 8.21. The van der Waals surface area contributed by atoms with Gasteiger partial charge in [-0.05, 0) is 44.1 Å². The summed E-state index contributed by atoms with van der Waals surface area (Å²) < 4.78 is 0. The van der Waals surface area contributed by atoms with Crippen LogP contribution in [0.3, 0.4) is 0 Å². The molecule has 12 heavy (non-hydrogen) atoms. The summed E-state index contributed by atoms with van der Waals surface area (Å²) in [6, 6.07) is 0.809. The Balaban J connectivity index is 2.24. The van der Waals surface area contributed by atoms with Gasteiger partial charge in [0, 0.05) is 6.04 Å². The van der Waals surface area contributed by atoms with Crippen LogP contribution in [0.1, 0.15) is 46.5 Å². The molecule has 1 heteroatoms. The van der Waals surface area contributed by atoms with Crippen molar-refractivity contribution in [1.29, 1.82) is 0 Å². The molecule has 1 aliphatic rings. The zero-order chi connectivity index (χ0) is 8.97. The van der Waals surface area contributed by atoms with Gasteiger partial charge >= 0.3 is 0 Å². The molecule has 0 spiro atoms. The maximum atomic E-state index is 3.63. The lowest BCUT2D eigenvalue weighted by Crippen LogP contribution is -2.36. The zero-order valence-corrected chi connectivity index (χ0v) is 8.77. The third-order valence-electron chi connectivity index (χ3n) is 2.86. The Hall–Kier alpha value is -0.0400. The highest BCUT2D eigenvalue weighted by Gasteiger charge is 2.22. The van der Waals surface area contributed by atoms with E-state index in [1.54, 1.807) is 0 Å². The second-order valence-corrected chi connectivity index (χ2v) is 4.57. The van der Waals surface area contributed by atoms with E-state index in [9.17, 15) is 0 Å². The van der Waals surface area contributed by atoms with E-state index in [2.05, 4.69) is 26.1 Å². The van der Waals surface area contributed by atoms with Crippen LogP contribution in [0.25, 0.3) is 0 Å². The van der Waals surface area contributed by atoms with Gasteiger partial charge in [-0.1, -0.05) is 20.8 Å². The van der Waals surface area contributed by atoms with E-state index in [1.165, 1.54) is 32.2 Å². The van der Waals surface area contributed by atoms with E-state index < -0.39 is 0 Å². The monoisotopic (exact) mass is 169 g/mol. The zero-order valence-electron chi connectivity index (χ0n) is 8.77. The molecule has 1 N–H and O–H groups in total. The van der Waals surface area contributed by atoms with Crippen molar-refractivity contribution in [2.75, 3.05) is 6.54 Å². The highest BCUT2D eigenvalue weighted by Crippen LogP contribution is 2.28. The molecule has 1 nitrogen and oxygen atoms in total. The summed E-state index contributed by atoms with van der Waals surface area (Å²) in [5, 5.41) is 3.63. The normalized spacial score (nSPS) is 36.8. The third-order valence-corrected chi connectivity index (χ3v) is 2.86. The van der Waals surface area contributed by atoms with E-state index in [4.69, 9.17) is 0 Å². The van der Waals surface area contributed by atoms with Gasteiger partial charge in [0.2, 0.25) is 0 Å². The summed E-state index contributed by atoms with van der Waals surface area (Å²) in [6.07, 6.45) is 5.48. The Labute approximate surface area is 76.9 Å². The molecule has 1 saturated carbocycles. The number of rotatable bonds is 3. The highest BCUT2D eigenvalue weighted by molar-refractivity contribution is 4.79. The predicted molar refractivity (Wildman–Crippen MR) is 54.3 cm³/mol. The molecule has 0 radical (unpaired) electrons. The van der Waals surface area contributed by atoms with Gasteiger partial charge in [0.15, 0.2) is 0 Å². The van der Waals surface area contributed by atoms with Gasteiger partial charge in [0.05, 0.1) is 0 Å². The summed E-state index contributed by atoms with van der Waals surface area (Å²) in [5.74, 6) is 1.87. The fraction of sp³-hybridized carbons (Fsp3) is 1.00. The van der Waals surface area contributed by atoms with Crippen LogP contribution in [0.2, 0.25) is 0 Å². The number of hydrogen-bond donors (Lipinski definition) is 1. The SMILES string of the molecule is CCCNC1CC(C)CC(C)C1. The molecule has 2 unspecified atom stereocenters. The highest BCUT2D eigenvalue weighted by atomic mass is 14.9. The number of hydrogen-bond acceptors (Lipinski definition) is 1. The standard InChI is InChI=1S/C11H23N/c1-4-5-12-11-7-9(2)6-10(3)8-11/h9-12H,4-8H2,1-3H3. The molecule has 0 heterocycles. The van der Waals surface area contributed by atoms with Crippen molar-refractivity contribution in [3.63, 3.8) is 0 Å². The maximum absolute atomic E-state index is 3.63. The Morgan fingerprint density at radius 3 is 2.17 bits per heavy atom. The van der Waals surface area contributed by atoms with Crippen LogP contribution in [-0.2, 0) is 0 Å². The van der Waals surface area contributed by atoms with Crippen LogP contribution >= 0.6 is 0 Å². The van der Waals surface area contributed by atoms with Gasteiger partial charge in [0.1, 0.15) is 0 Å². The molecule has 0 aromatic carbocycles. The van der Waals surface area contributed by atoms with E-state index in [0.717, 1.165) is 17.9 Å². The molecular weight excluding hydrogens is 146 g/mol. The molecule has 1 aliphatic carbocycles. The van der Waals surface area contributed by atoms with Gasteiger partial charge in [-0.15, -0.1) is 0 Å². The van der Waals surface area contributed by atoms with Crippen molar-refractivity contribution >= 4 is 0 Å². The minimum absolute atomic E-state index is 0.809. The smallest absolute Gasteiger partial charge is 0.00721 e. The average molecular weight is 169 g/mol. The molecule has 0 bridgehead atoms. The Morgan fingerprint density at radius 2 is 1.67 bits per heavy atom. The first-order valence-electron chi connectivity index (χ1n) is 5.45. The van der Waals surface area contributed by atoms with Gasteiger partial charge in [-0.25, -0.2) is 0 Å². The van der Waals surface area contributed by atoms with Crippen molar-refractivity contribution < 1.29 is 0 Å². The molecule has 1 rings (SSSR count). The van der Waals surface area contributed by atoms with Crippen molar-refractivity contribution in [2.24, 2.45) is 11.8 Å². The molecular formula is C11H23N. The van der Waals surface area contributed by atoms with E-state index >= 15 is 0 Å². The Kier molecular flexibility index (Phi) is 4.07. The second-order valence-electron chi connectivity index (χ2n) is 4.57. The largest absolute Gasteiger partial charge is 0.314 e. The molecule has 72 valence electrons. The molecule has 0 amide bonds. The minimum atomic E-state index is 0.809. The van der Waals surface area contributed by atoms with Crippen LogP contribution in [0.15, 0.2) is 0 Å². The molecule has 1 fully saturated rings. The molecule has 0 aromatic rings. The van der Waals surface area contributed by atoms with Crippen molar-refractivity contribution in [3.05, 3.63) is 0 Å². The van der Waals surface area contributed by atoms with E-state index in [-0.39, 0.29) is 0 Å². The fourth-order valence-corrected chi connectivity index (χ4v) is 2.46. The quantitative estimate of drug-likeness (QED) is 0.685. The Bertz CT molecular complexity index is 112. The lowest BCUT2D eigenvalue weighted by Gasteiger charge is -2.32. The minimum Gasteiger partial charge on any atom is -0.314 e. The first-order chi connectivity index (χ1) is 5.72. The van der Waals surface area contributed by atoms with Gasteiger partial charge in [0.25, 0.3) is 0 Å². The topological polar surface area (TPSA) is 12.0 Å². The predicted octanol–water partition coefficient (Wildman–Crippen LogP) is 2.81. The Morgan fingerprint density at radius 1 is 1.08 bits per heavy atom. The molecule has 2 atom stereocenters. The van der Waals surface area contributed by atoms with Gasteiger partial charge in [-0.2, -0.15) is 0 Å². The van der Waals surface area contributed by atoms with Crippen molar-refractivity contribution in [3.8, 4) is 0 Å². The van der Waals surface area contributed by atoms with Crippen LogP contribution in [-0.4, -0.2) is 12.6 Å². The first kappa shape index (κ1) is 10.0. The summed E-state index contributed by atoms with van der Waals surface area (Å²) in [7, 11) is 0. The summed E-state index contributed by atoms with van der Waals surface area (Å²) >= 11 is 0. The molecule has 0 aromatic heterocycles.